The highest BCUT2D eigenvalue weighted by Crippen LogP contribution is 2.38. The van der Waals surface area contributed by atoms with Crippen LogP contribution in [0.4, 0.5) is 10.5 Å². The number of nitrogens with zero attached hydrogens (tertiary/aromatic N) is 2. The van der Waals surface area contributed by atoms with Crippen molar-refractivity contribution in [3.05, 3.63) is 101 Å². The molecule has 2 amide bonds. The van der Waals surface area contributed by atoms with E-state index in [1.807, 2.05) is 25.1 Å². The van der Waals surface area contributed by atoms with Gasteiger partial charge in [-0.15, -0.1) is 0 Å². The van der Waals surface area contributed by atoms with Crippen molar-refractivity contribution in [3.63, 3.8) is 0 Å². The molecule has 200 valence electrons. The first kappa shape index (κ1) is 28.6. The number of carbonyl (C=O) groups excluding carboxylic acids is 3. The van der Waals surface area contributed by atoms with E-state index in [1.165, 1.54) is 24.3 Å². The lowest BCUT2D eigenvalue weighted by Crippen LogP contribution is -2.33. The van der Waals surface area contributed by atoms with E-state index in [0.29, 0.717) is 28.7 Å². The first-order valence-corrected chi connectivity index (χ1v) is 13.8. The van der Waals surface area contributed by atoms with E-state index in [-0.39, 0.29) is 22.8 Å². The molecule has 0 aliphatic carbocycles. The first-order chi connectivity index (χ1) is 18.7. The summed E-state index contributed by atoms with van der Waals surface area (Å²) in [6.45, 7) is 1.97. The minimum absolute atomic E-state index is 0.152. The number of rotatable bonds is 10. The Morgan fingerprint density at radius 1 is 1.13 bits per heavy atom. The monoisotopic (exact) mass is 678 g/mol. The number of Topliss-reactive ketones (excluding diaryl/α,β-unsaturated/α-hetero) is 1. The number of ketones is 1. The molecule has 1 aliphatic rings. The number of hydrogen-bond donors (Lipinski definition) is 0. The second-order valence-electron chi connectivity index (χ2n) is 8.14. The minimum atomic E-state index is -0.604. The van der Waals surface area contributed by atoms with Gasteiger partial charge in [-0.05, 0) is 83.2 Å². The molecule has 9 nitrogen and oxygen atoms in total. The van der Waals surface area contributed by atoms with Crippen molar-refractivity contribution in [3.8, 4) is 11.5 Å². The van der Waals surface area contributed by atoms with Crippen LogP contribution in [0.15, 0.2) is 65.6 Å². The Morgan fingerprint density at radius 3 is 2.51 bits per heavy atom. The lowest BCUT2D eigenvalue weighted by molar-refractivity contribution is -0.384. The molecule has 0 bridgehead atoms. The van der Waals surface area contributed by atoms with E-state index in [2.05, 4.69) is 22.6 Å². The summed E-state index contributed by atoms with van der Waals surface area (Å²) >= 11 is 9.08. The maximum absolute atomic E-state index is 13.0. The molecule has 0 aromatic heterocycles. The number of ether oxygens (including phenoxy) is 2. The molecule has 0 saturated carbocycles. The number of nitro benzene ring substituents is 1. The van der Waals surface area contributed by atoms with E-state index < -0.39 is 28.4 Å². The molecule has 39 heavy (non-hydrogen) atoms. The van der Waals surface area contributed by atoms with Crippen LogP contribution < -0.4 is 9.47 Å². The van der Waals surface area contributed by atoms with E-state index in [0.717, 1.165) is 25.8 Å². The van der Waals surface area contributed by atoms with Crippen molar-refractivity contribution in [2.45, 2.75) is 13.5 Å². The third-order valence-electron chi connectivity index (χ3n) is 5.53. The Kier molecular flexibility index (Phi) is 9.25. The fourth-order valence-corrected chi connectivity index (χ4v) is 5.44. The Morgan fingerprint density at radius 2 is 1.85 bits per heavy atom. The van der Waals surface area contributed by atoms with Gasteiger partial charge in [-0.2, -0.15) is 0 Å². The van der Waals surface area contributed by atoms with Gasteiger partial charge < -0.3 is 9.47 Å². The maximum atomic E-state index is 13.0. The number of imide groups is 1. The van der Waals surface area contributed by atoms with Crippen molar-refractivity contribution < 1.29 is 28.8 Å². The highest BCUT2D eigenvalue weighted by Gasteiger charge is 2.36. The van der Waals surface area contributed by atoms with E-state index >= 15 is 0 Å². The molecule has 1 fully saturated rings. The molecular weight excluding hydrogens is 659 g/mol. The van der Waals surface area contributed by atoms with E-state index in [4.69, 9.17) is 21.1 Å². The molecule has 12 heteroatoms. The minimum Gasteiger partial charge on any atom is -0.490 e. The molecule has 0 atom stereocenters. The zero-order chi connectivity index (χ0) is 28.1. The van der Waals surface area contributed by atoms with Gasteiger partial charge in [0.1, 0.15) is 6.61 Å². The zero-order valence-corrected chi connectivity index (χ0v) is 24.1. The van der Waals surface area contributed by atoms with E-state index in [1.54, 1.807) is 24.3 Å². The van der Waals surface area contributed by atoms with Crippen molar-refractivity contribution in [2.75, 3.05) is 13.2 Å². The number of non-ortho nitro benzene ring substituents is 1. The molecule has 0 radical (unpaired) electrons. The van der Waals surface area contributed by atoms with Gasteiger partial charge in [0.2, 0.25) is 0 Å². The summed E-state index contributed by atoms with van der Waals surface area (Å²) in [5.74, 6) is -0.125. The predicted octanol–water partition coefficient (Wildman–Crippen LogP) is 6.75. The molecule has 1 heterocycles. The van der Waals surface area contributed by atoms with Crippen LogP contribution in [0.5, 0.6) is 11.5 Å². The quantitative estimate of drug-likeness (QED) is 0.0761. The fourth-order valence-electron chi connectivity index (χ4n) is 3.63. The molecule has 1 saturated heterocycles. The summed E-state index contributed by atoms with van der Waals surface area (Å²) in [5, 5.41) is 10.8. The molecule has 0 unspecified atom stereocenters. The number of halogens is 2. The van der Waals surface area contributed by atoms with Gasteiger partial charge >= 0.3 is 0 Å². The van der Waals surface area contributed by atoms with Crippen LogP contribution in [0.1, 0.15) is 28.4 Å². The van der Waals surface area contributed by atoms with Gasteiger partial charge in [0.25, 0.3) is 16.8 Å². The van der Waals surface area contributed by atoms with Gasteiger partial charge in [0, 0.05) is 28.3 Å². The fraction of sp³-hybridized carbons (Fsp3) is 0.148. The maximum Gasteiger partial charge on any atom is 0.293 e. The summed E-state index contributed by atoms with van der Waals surface area (Å²) in [5.41, 5.74) is 1.42. The Labute approximate surface area is 246 Å². The lowest BCUT2D eigenvalue weighted by Gasteiger charge is -2.15. The van der Waals surface area contributed by atoms with Crippen LogP contribution in [-0.2, 0) is 11.4 Å². The van der Waals surface area contributed by atoms with Gasteiger partial charge in [-0.25, -0.2) is 0 Å². The van der Waals surface area contributed by atoms with Crippen LogP contribution in [0, 0.1) is 13.7 Å². The Bertz CT molecular complexity index is 1490. The van der Waals surface area contributed by atoms with Crippen LogP contribution in [0.25, 0.3) is 6.08 Å². The average molecular weight is 679 g/mol. The van der Waals surface area contributed by atoms with Crippen LogP contribution in [0.3, 0.4) is 0 Å². The number of thioether (sulfide) groups is 1. The number of nitro groups is 1. The summed E-state index contributed by atoms with van der Waals surface area (Å²) in [7, 11) is 0. The normalized spacial score (nSPS) is 14.1. The van der Waals surface area contributed by atoms with Crippen molar-refractivity contribution in [2.24, 2.45) is 0 Å². The molecular formula is C27H20ClIN2O7S. The standard InChI is InChI=1S/C27H20ClIN2O7S/c1-2-37-23-12-16(11-21(29)25(23)38-15-18-5-3-4-6-20(18)28)13-24-26(33)30(27(34)39-24)14-22(32)17-7-9-19(10-8-17)31(35)36/h3-13H,2,14-15H2,1H3/b24-13+. The van der Waals surface area contributed by atoms with Crippen molar-refractivity contribution in [1.82, 2.24) is 4.90 Å². The highest BCUT2D eigenvalue weighted by atomic mass is 127. The summed E-state index contributed by atoms with van der Waals surface area (Å²) in [6, 6.07) is 15.8. The molecule has 0 N–H and O–H groups in total. The smallest absolute Gasteiger partial charge is 0.293 e. The molecule has 4 rings (SSSR count). The lowest BCUT2D eigenvalue weighted by atomic mass is 10.1. The zero-order valence-electron chi connectivity index (χ0n) is 20.4. The topological polar surface area (TPSA) is 116 Å². The summed E-state index contributed by atoms with van der Waals surface area (Å²) in [6.07, 6.45) is 1.56. The number of hydrogen-bond acceptors (Lipinski definition) is 8. The van der Waals surface area contributed by atoms with Crippen molar-refractivity contribution >= 4 is 74.6 Å². The van der Waals surface area contributed by atoms with E-state index in [9.17, 15) is 24.5 Å². The number of benzene rings is 3. The van der Waals surface area contributed by atoms with Crippen LogP contribution >= 0.6 is 46.0 Å². The molecule has 3 aromatic rings. The Balaban J connectivity index is 1.52. The van der Waals surface area contributed by atoms with Gasteiger partial charge in [0.05, 0.1) is 26.6 Å². The third kappa shape index (κ3) is 6.78. The SMILES string of the molecule is CCOc1cc(/C=C2/SC(=O)N(CC(=O)c3ccc([N+](=O)[O-])cc3)C2=O)cc(I)c1OCc1ccccc1Cl. The van der Waals surface area contributed by atoms with Gasteiger partial charge in [-0.1, -0.05) is 29.8 Å². The molecule has 0 spiro atoms. The second kappa shape index (κ2) is 12.6. The number of carbonyl (C=O) groups is 3. The highest BCUT2D eigenvalue weighted by molar-refractivity contribution is 14.1. The average Bonchev–Trinajstić information content (AvgIpc) is 3.16. The second-order valence-corrected chi connectivity index (χ2v) is 10.7. The van der Waals surface area contributed by atoms with Crippen molar-refractivity contribution in [1.29, 1.82) is 0 Å². The summed E-state index contributed by atoms with van der Waals surface area (Å²) < 4.78 is 12.5. The van der Waals surface area contributed by atoms with Gasteiger partial charge in [-0.3, -0.25) is 29.4 Å². The number of amides is 2. The van der Waals surface area contributed by atoms with Gasteiger partial charge in [0.15, 0.2) is 17.3 Å². The predicted molar refractivity (Wildman–Crippen MR) is 156 cm³/mol. The van der Waals surface area contributed by atoms with Crippen LogP contribution in [0.2, 0.25) is 5.02 Å². The van der Waals surface area contributed by atoms with Crippen LogP contribution in [-0.4, -0.2) is 39.9 Å². The summed E-state index contributed by atoms with van der Waals surface area (Å²) in [4.78, 5) is 49.4. The molecule has 1 aliphatic heterocycles. The largest absolute Gasteiger partial charge is 0.490 e. The third-order valence-corrected chi connectivity index (χ3v) is 7.61. The Hall–Kier alpha value is -3.42. The first-order valence-electron chi connectivity index (χ1n) is 11.5. The molecule has 3 aromatic carbocycles.